The lowest BCUT2D eigenvalue weighted by atomic mass is 10.2. The number of rotatable bonds is 7. The van der Waals surface area contributed by atoms with Gasteiger partial charge in [-0.3, -0.25) is 14.3 Å². The van der Waals surface area contributed by atoms with E-state index in [1.165, 1.54) is 35.9 Å². The average molecular weight is 445 g/mol. The molecule has 0 bridgehead atoms. The Balaban J connectivity index is 1.78. The molecule has 0 fully saturated rings. The number of carbonyl (C=O) groups excluding carboxylic acids is 2. The number of alkyl halides is 2. The van der Waals surface area contributed by atoms with Gasteiger partial charge in [-0.1, -0.05) is 30.3 Å². The summed E-state index contributed by atoms with van der Waals surface area (Å²) in [4.78, 5) is 37.9. The summed E-state index contributed by atoms with van der Waals surface area (Å²) in [7, 11) is 1.67. The standard InChI is InChI=1S/C22H21F2N3O5/c1-13-18(20(29)27(26(13)3)15-9-5-4-6-10-15)25-19(28)14(2)31-21(30)16-11-7-8-12-17(16)32-22(23)24/h4-12,14,22H,1-3H3,(H,25,28). The fourth-order valence-corrected chi connectivity index (χ4v) is 3.05. The third kappa shape index (κ3) is 4.69. The summed E-state index contributed by atoms with van der Waals surface area (Å²) in [5.41, 5.74) is 0.416. The van der Waals surface area contributed by atoms with Gasteiger partial charge in [0, 0.05) is 7.05 Å². The molecule has 2 aromatic carbocycles. The molecule has 1 amide bonds. The average Bonchev–Trinajstić information content (AvgIpc) is 2.97. The molecule has 0 aliphatic rings. The van der Waals surface area contributed by atoms with Crippen molar-refractivity contribution in [1.29, 1.82) is 0 Å². The van der Waals surface area contributed by atoms with E-state index in [2.05, 4.69) is 10.1 Å². The van der Waals surface area contributed by atoms with E-state index in [9.17, 15) is 23.2 Å². The van der Waals surface area contributed by atoms with Crippen LogP contribution in [0.4, 0.5) is 14.5 Å². The van der Waals surface area contributed by atoms with Crippen molar-refractivity contribution < 1.29 is 27.8 Å². The summed E-state index contributed by atoms with van der Waals surface area (Å²) in [6.45, 7) is -0.166. The van der Waals surface area contributed by atoms with Crippen molar-refractivity contribution in [2.75, 3.05) is 5.32 Å². The minimum atomic E-state index is -3.13. The number of nitrogens with zero attached hydrogens (tertiary/aromatic N) is 2. The number of esters is 1. The monoisotopic (exact) mass is 445 g/mol. The maximum absolute atomic E-state index is 12.9. The van der Waals surface area contributed by atoms with E-state index in [-0.39, 0.29) is 17.0 Å². The van der Waals surface area contributed by atoms with Gasteiger partial charge in [-0.25, -0.2) is 9.48 Å². The fourth-order valence-electron chi connectivity index (χ4n) is 3.05. The Morgan fingerprint density at radius 3 is 2.31 bits per heavy atom. The lowest BCUT2D eigenvalue weighted by molar-refractivity contribution is -0.123. The summed E-state index contributed by atoms with van der Waals surface area (Å²) in [6.07, 6.45) is -1.31. The molecular formula is C22H21F2N3O5. The topological polar surface area (TPSA) is 91.6 Å². The number of hydrogen-bond acceptors (Lipinski definition) is 5. The van der Waals surface area contributed by atoms with Crippen molar-refractivity contribution in [3.05, 3.63) is 76.2 Å². The highest BCUT2D eigenvalue weighted by Gasteiger charge is 2.25. The van der Waals surface area contributed by atoms with Crippen LogP contribution in [-0.2, 0) is 16.6 Å². The van der Waals surface area contributed by atoms with Crippen LogP contribution in [0.15, 0.2) is 59.4 Å². The summed E-state index contributed by atoms with van der Waals surface area (Å²) in [5.74, 6) is -2.14. The molecule has 1 heterocycles. The van der Waals surface area contributed by atoms with Crippen LogP contribution >= 0.6 is 0 Å². The van der Waals surface area contributed by atoms with Gasteiger partial charge in [0.2, 0.25) is 0 Å². The molecule has 1 aromatic heterocycles. The van der Waals surface area contributed by atoms with Gasteiger partial charge >= 0.3 is 12.6 Å². The van der Waals surface area contributed by atoms with Gasteiger partial charge in [0.25, 0.3) is 11.5 Å². The van der Waals surface area contributed by atoms with Crippen LogP contribution in [0.5, 0.6) is 5.75 Å². The highest BCUT2D eigenvalue weighted by Crippen LogP contribution is 2.22. The van der Waals surface area contributed by atoms with Crippen molar-refractivity contribution in [3.8, 4) is 11.4 Å². The third-order valence-electron chi connectivity index (χ3n) is 4.78. The van der Waals surface area contributed by atoms with E-state index in [4.69, 9.17) is 4.74 Å². The molecular weight excluding hydrogens is 424 g/mol. The molecule has 1 atom stereocenters. The predicted molar refractivity (Wildman–Crippen MR) is 112 cm³/mol. The molecule has 168 valence electrons. The molecule has 1 unspecified atom stereocenters. The van der Waals surface area contributed by atoms with Crippen molar-refractivity contribution in [2.45, 2.75) is 26.6 Å². The smallest absolute Gasteiger partial charge is 0.387 e. The molecule has 0 aliphatic heterocycles. The molecule has 8 nitrogen and oxygen atoms in total. The number of hydrogen-bond donors (Lipinski definition) is 1. The molecule has 32 heavy (non-hydrogen) atoms. The molecule has 0 aliphatic carbocycles. The van der Waals surface area contributed by atoms with Crippen LogP contribution in [-0.4, -0.2) is 34.0 Å². The molecule has 0 saturated heterocycles. The third-order valence-corrected chi connectivity index (χ3v) is 4.78. The Hall–Kier alpha value is -3.95. The van der Waals surface area contributed by atoms with Crippen LogP contribution in [0.3, 0.4) is 0 Å². The second-order valence-electron chi connectivity index (χ2n) is 6.85. The van der Waals surface area contributed by atoms with E-state index in [0.29, 0.717) is 11.4 Å². The number of anilines is 1. The van der Waals surface area contributed by atoms with E-state index in [0.717, 1.165) is 0 Å². The number of amides is 1. The highest BCUT2D eigenvalue weighted by molar-refractivity contribution is 5.98. The van der Waals surface area contributed by atoms with Gasteiger partial charge in [-0.2, -0.15) is 8.78 Å². The second kappa shape index (κ2) is 9.46. The van der Waals surface area contributed by atoms with E-state index < -0.39 is 30.2 Å². The Morgan fingerprint density at radius 2 is 1.66 bits per heavy atom. The predicted octanol–water partition coefficient (Wildman–Crippen LogP) is 3.27. The van der Waals surface area contributed by atoms with Crippen LogP contribution in [0.1, 0.15) is 23.0 Å². The summed E-state index contributed by atoms with van der Waals surface area (Å²) in [6, 6.07) is 14.1. The Morgan fingerprint density at radius 1 is 1.03 bits per heavy atom. The van der Waals surface area contributed by atoms with Gasteiger partial charge in [0.15, 0.2) is 6.10 Å². The van der Waals surface area contributed by atoms with Crippen molar-refractivity contribution >= 4 is 17.6 Å². The lowest BCUT2D eigenvalue weighted by Gasteiger charge is -2.15. The van der Waals surface area contributed by atoms with Gasteiger partial charge < -0.3 is 14.8 Å². The summed E-state index contributed by atoms with van der Waals surface area (Å²) >= 11 is 0. The first-order valence-electron chi connectivity index (χ1n) is 9.60. The Kier molecular flexibility index (Phi) is 6.72. The molecule has 0 spiro atoms. The molecule has 0 saturated carbocycles. The SMILES string of the molecule is Cc1c(NC(=O)C(C)OC(=O)c2ccccc2OC(F)F)c(=O)n(-c2ccccc2)n1C. The largest absolute Gasteiger partial charge is 0.449 e. The quantitative estimate of drug-likeness (QED) is 0.564. The maximum atomic E-state index is 12.9. The van der Waals surface area contributed by atoms with Crippen LogP contribution in [0, 0.1) is 6.92 Å². The van der Waals surface area contributed by atoms with E-state index >= 15 is 0 Å². The van der Waals surface area contributed by atoms with Gasteiger partial charge in [-0.05, 0) is 38.1 Å². The molecule has 10 heteroatoms. The normalized spacial score (nSPS) is 11.8. The number of aromatic nitrogens is 2. The van der Waals surface area contributed by atoms with Gasteiger partial charge in [-0.15, -0.1) is 0 Å². The number of benzene rings is 2. The first-order chi connectivity index (χ1) is 15.2. The van der Waals surface area contributed by atoms with Crippen LogP contribution in [0.25, 0.3) is 5.69 Å². The molecule has 0 radical (unpaired) electrons. The molecule has 3 aromatic rings. The van der Waals surface area contributed by atoms with Crippen molar-refractivity contribution in [1.82, 2.24) is 9.36 Å². The van der Waals surface area contributed by atoms with Crippen LogP contribution in [0.2, 0.25) is 0 Å². The molecule has 1 N–H and O–H groups in total. The summed E-state index contributed by atoms with van der Waals surface area (Å²) < 4.78 is 37.5. The number of para-hydroxylation sites is 2. The van der Waals surface area contributed by atoms with Crippen molar-refractivity contribution in [2.24, 2.45) is 7.05 Å². The maximum Gasteiger partial charge on any atom is 0.387 e. The zero-order chi connectivity index (χ0) is 23.4. The van der Waals surface area contributed by atoms with Crippen LogP contribution < -0.4 is 15.6 Å². The zero-order valence-electron chi connectivity index (χ0n) is 17.5. The van der Waals surface area contributed by atoms with E-state index in [1.807, 2.05) is 6.07 Å². The highest BCUT2D eigenvalue weighted by atomic mass is 19.3. The minimum Gasteiger partial charge on any atom is -0.449 e. The number of halogens is 2. The zero-order valence-corrected chi connectivity index (χ0v) is 17.5. The lowest BCUT2D eigenvalue weighted by Crippen LogP contribution is -2.32. The second-order valence-corrected chi connectivity index (χ2v) is 6.85. The van der Waals surface area contributed by atoms with Gasteiger partial charge in [0.05, 0.1) is 11.4 Å². The number of ether oxygens (including phenoxy) is 2. The number of carbonyl (C=O) groups is 2. The number of nitrogens with one attached hydrogen (secondary N) is 1. The minimum absolute atomic E-state index is 0.0330. The van der Waals surface area contributed by atoms with Gasteiger partial charge in [0.1, 0.15) is 17.0 Å². The van der Waals surface area contributed by atoms with Crippen molar-refractivity contribution in [3.63, 3.8) is 0 Å². The first kappa shape index (κ1) is 22.7. The first-order valence-corrected chi connectivity index (χ1v) is 9.60. The Labute approximate surface area is 182 Å². The Bertz CT molecular complexity index is 1190. The molecule has 3 rings (SSSR count). The van der Waals surface area contributed by atoms with E-state index in [1.54, 1.807) is 42.9 Å². The summed E-state index contributed by atoms with van der Waals surface area (Å²) in [5, 5.41) is 2.49. The fraction of sp³-hybridized carbons (Fsp3) is 0.227.